The predicted octanol–water partition coefficient (Wildman–Crippen LogP) is 3.31. The van der Waals surface area contributed by atoms with Crippen LogP contribution in [0.25, 0.3) is 0 Å². The molecular weight excluding hydrogens is 232 g/mol. The molecule has 19 heavy (non-hydrogen) atoms. The molecule has 3 atom stereocenters. The van der Waals surface area contributed by atoms with Crippen LogP contribution in [0, 0.1) is 24.2 Å². The molecule has 0 aromatic heterocycles. The van der Waals surface area contributed by atoms with Crippen LogP contribution in [0.1, 0.15) is 65.7 Å². The molecule has 0 amide bonds. The van der Waals surface area contributed by atoms with E-state index in [2.05, 4.69) is 32.0 Å². The van der Waals surface area contributed by atoms with E-state index in [0.717, 1.165) is 24.7 Å². The summed E-state index contributed by atoms with van der Waals surface area (Å²) in [5.74, 6) is 4.48. The summed E-state index contributed by atoms with van der Waals surface area (Å²) in [6.07, 6.45) is 14.2. The third kappa shape index (κ3) is 5.16. The van der Waals surface area contributed by atoms with Crippen molar-refractivity contribution in [3.8, 4) is 12.3 Å². The van der Waals surface area contributed by atoms with E-state index in [0.29, 0.717) is 6.54 Å². The predicted molar refractivity (Wildman–Crippen MR) is 83.9 cm³/mol. The van der Waals surface area contributed by atoms with Crippen molar-refractivity contribution < 1.29 is 0 Å². The van der Waals surface area contributed by atoms with Gasteiger partial charge in [0.15, 0.2) is 0 Å². The van der Waals surface area contributed by atoms with Crippen LogP contribution in [0.4, 0.5) is 0 Å². The normalized spacial score (nSPS) is 29.2. The van der Waals surface area contributed by atoms with E-state index in [1.54, 1.807) is 0 Å². The average Bonchev–Trinajstić information content (AvgIpc) is 2.38. The summed E-state index contributed by atoms with van der Waals surface area (Å²) >= 11 is 0. The van der Waals surface area contributed by atoms with Crippen LogP contribution < -0.4 is 11.1 Å². The highest BCUT2D eigenvalue weighted by Gasteiger charge is 2.36. The molecule has 0 heterocycles. The lowest BCUT2D eigenvalue weighted by atomic mass is 9.72. The summed E-state index contributed by atoms with van der Waals surface area (Å²) in [5, 5.41) is 3.71. The van der Waals surface area contributed by atoms with E-state index >= 15 is 0 Å². The van der Waals surface area contributed by atoms with Gasteiger partial charge in [-0.2, -0.15) is 0 Å². The first-order chi connectivity index (χ1) is 9.05. The molecule has 0 aromatic carbocycles. The van der Waals surface area contributed by atoms with Gasteiger partial charge in [0.25, 0.3) is 0 Å². The molecule has 2 heteroatoms. The minimum atomic E-state index is 0.0873. The number of rotatable bonds is 7. The lowest BCUT2D eigenvalue weighted by Crippen LogP contribution is -2.57. The lowest BCUT2D eigenvalue weighted by Gasteiger charge is -2.43. The summed E-state index contributed by atoms with van der Waals surface area (Å²) in [5.41, 5.74) is 6.19. The Kier molecular flexibility index (Phi) is 6.89. The molecule has 1 rings (SSSR count). The van der Waals surface area contributed by atoms with Crippen molar-refractivity contribution >= 4 is 0 Å². The topological polar surface area (TPSA) is 38.0 Å². The van der Waals surface area contributed by atoms with Crippen LogP contribution in [0.2, 0.25) is 0 Å². The van der Waals surface area contributed by atoms with Gasteiger partial charge in [-0.3, -0.25) is 5.32 Å². The van der Waals surface area contributed by atoms with Crippen molar-refractivity contribution in [3.05, 3.63) is 0 Å². The van der Waals surface area contributed by atoms with E-state index in [-0.39, 0.29) is 11.6 Å². The van der Waals surface area contributed by atoms with Gasteiger partial charge in [0.05, 0.1) is 6.04 Å². The summed E-state index contributed by atoms with van der Waals surface area (Å²) in [7, 11) is 0. The minimum Gasteiger partial charge on any atom is -0.329 e. The van der Waals surface area contributed by atoms with Gasteiger partial charge in [0, 0.05) is 12.1 Å². The number of hydrogen-bond donors (Lipinski definition) is 2. The molecule has 1 aliphatic rings. The highest BCUT2D eigenvalue weighted by atomic mass is 15.0. The molecule has 0 aliphatic heterocycles. The van der Waals surface area contributed by atoms with E-state index in [1.807, 2.05) is 0 Å². The number of terminal acetylenes is 1. The number of nitrogens with two attached hydrogens (primary N) is 1. The molecule has 2 nitrogen and oxygen atoms in total. The summed E-state index contributed by atoms with van der Waals surface area (Å²) in [4.78, 5) is 0. The Morgan fingerprint density at radius 3 is 2.74 bits per heavy atom. The van der Waals surface area contributed by atoms with Crippen LogP contribution >= 0.6 is 0 Å². The Morgan fingerprint density at radius 1 is 1.47 bits per heavy atom. The second-order valence-corrected chi connectivity index (χ2v) is 6.73. The SMILES string of the molecule is C#CC(CCC)NC1(CN)CCCC(CC(C)C)C1. The third-order valence-electron chi connectivity index (χ3n) is 4.40. The van der Waals surface area contributed by atoms with Crippen LogP contribution in [0.3, 0.4) is 0 Å². The second-order valence-electron chi connectivity index (χ2n) is 6.73. The Balaban J connectivity index is 2.65. The van der Waals surface area contributed by atoms with E-state index in [4.69, 9.17) is 12.2 Å². The van der Waals surface area contributed by atoms with Gasteiger partial charge in [0.1, 0.15) is 0 Å². The molecule has 3 unspecified atom stereocenters. The second kappa shape index (κ2) is 7.92. The quantitative estimate of drug-likeness (QED) is 0.692. The van der Waals surface area contributed by atoms with Gasteiger partial charge >= 0.3 is 0 Å². The maximum atomic E-state index is 6.10. The molecule has 1 saturated carbocycles. The monoisotopic (exact) mass is 264 g/mol. The maximum Gasteiger partial charge on any atom is 0.0691 e. The Hall–Kier alpha value is -0.520. The van der Waals surface area contributed by atoms with Gasteiger partial charge in [-0.1, -0.05) is 46.0 Å². The molecule has 0 bridgehead atoms. The molecule has 110 valence electrons. The van der Waals surface area contributed by atoms with E-state index < -0.39 is 0 Å². The van der Waals surface area contributed by atoms with Gasteiger partial charge in [-0.15, -0.1) is 6.42 Å². The Bertz CT molecular complexity index is 292. The zero-order valence-electron chi connectivity index (χ0n) is 13.0. The zero-order chi connectivity index (χ0) is 14.3. The summed E-state index contributed by atoms with van der Waals surface area (Å²) < 4.78 is 0. The first-order valence-electron chi connectivity index (χ1n) is 7.99. The van der Waals surface area contributed by atoms with Crippen LogP contribution in [0.5, 0.6) is 0 Å². The Morgan fingerprint density at radius 2 is 2.21 bits per heavy atom. The fourth-order valence-corrected chi connectivity index (χ4v) is 3.58. The number of nitrogens with one attached hydrogen (secondary N) is 1. The van der Waals surface area contributed by atoms with E-state index in [9.17, 15) is 0 Å². The van der Waals surface area contributed by atoms with Gasteiger partial charge in [-0.05, 0) is 37.5 Å². The average molecular weight is 264 g/mol. The van der Waals surface area contributed by atoms with Crippen LogP contribution in [0.15, 0.2) is 0 Å². The number of hydrogen-bond acceptors (Lipinski definition) is 2. The third-order valence-corrected chi connectivity index (χ3v) is 4.40. The molecule has 1 aliphatic carbocycles. The van der Waals surface area contributed by atoms with Crippen molar-refractivity contribution in [2.75, 3.05) is 6.54 Å². The smallest absolute Gasteiger partial charge is 0.0691 e. The molecule has 3 N–H and O–H groups in total. The first-order valence-corrected chi connectivity index (χ1v) is 7.99. The van der Waals surface area contributed by atoms with Gasteiger partial charge < -0.3 is 5.73 Å². The fraction of sp³-hybridized carbons (Fsp3) is 0.882. The van der Waals surface area contributed by atoms with Gasteiger partial charge in [0.2, 0.25) is 0 Å². The molecular formula is C17H32N2. The molecule has 0 aromatic rings. The molecule has 1 fully saturated rings. The minimum absolute atomic E-state index is 0.0873. The summed E-state index contributed by atoms with van der Waals surface area (Å²) in [6, 6.07) is 0.186. The van der Waals surface area contributed by atoms with Crippen LogP contribution in [-0.2, 0) is 0 Å². The van der Waals surface area contributed by atoms with Gasteiger partial charge in [-0.25, -0.2) is 0 Å². The molecule has 0 radical (unpaired) electrons. The molecule has 0 saturated heterocycles. The fourth-order valence-electron chi connectivity index (χ4n) is 3.58. The molecule has 0 spiro atoms. The highest BCUT2D eigenvalue weighted by molar-refractivity contribution is 5.05. The lowest BCUT2D eigenvalue weighted by molar-refractivity contribution is 0.159. The summed E-state index contributed by atoms with van der Waals surface area (Å²) in [6.45, 7) is 7.52. The van der Waals surface area contributed by atoms with Crippen molar-refractivity contribution in [2.45, 2.75) is 77.3 Å². The van der Waals surface area contributed by atoms with Crippen LogP contribution in [-0.4, -0.2) is 18.1 Å². The van der Waals surface area contributed by atoms with Crippen molar-refractivity contribution in [1.29, 1.82) is 0 Å². The standard InChI is InChI=1S/C17H32N2/c1-5-8-16(6-2)19-17(13-18)10-7-9-15(12-17)11-14(3)4/h2,14-16,19H,5,7-13,18H2,1,3-4H3. The maximum absolute atomic E-state index is 6.10. The first kappa shape index (κ1) is 16.5. The zero-order valence-corrected chi connectivity index (χ0v) is 13.0. The van der Waals surface area contributed by atoms with Crippen molar-refractivity contribution in [3.63, 3.8) is 0 Å². The largest absolute Gasteiger partial charge is 0.329 e. The van der Waals surface area contributed by atoms with Crippen molar-refractivity contribution in [2.24, 2.45) is 17.6 Å². The Labute approximate surface area is 119 Å². The highest BCUT2D eigenvalue weighted by Crippen LogP contribution is 2.35. The van der Waals surface area contributed by atoms with E-state index in [1.165, 1.54) is 32.1 Å². The van der Waals surface area contributed by atoms with Crippen molar-refractivity contribution in [1.82, 2.24) is 5.32 Å².